The predicted octanol–water partition coefficient (Wildman–Crippen LogP) is 3.83. The molecule has 0 saturated carbocycles. The maximum atomic E-state index is 11.8. The van der Waals surface area contributed by atoms with Gasteiger partial charge in [-0.05, 0) is 24.0 Å². The topological polar surface area (TPSA) is 70.7 Å². The number of rotatable bonds is 4. The van der Waals surface area contributed by atoms with Gasteiger partial charge in [-0.25, -0.2) is 9.97 Å². The Morgan fingerprint density at radius 2 is 2.18 bits per heavy atom. The summed E-state index contributed by atoms with van der Waals surface area (Å²) in [5.41, 5.74) is 1.99. The van der Waals surface area contributed by atoms with Crippen molar-refractivity contribution in [1.82, 2.24) is 15.0 Å². The number of pyridine rings is 1. The van der Waals surface area contributed by atoms with Crippen LogP contribution in [0.5, 0.6) is 0 Å². The molecule has 0 bridgehead atoms. The van der Waals surface area contributed by atoms with Gasteiger partial charge in [-0.15, -0.1) is 11.8 Å². The van der Waals surface area contributed by atoms with Crippen LogP contribution in [0.15, 0.2) is 46.6 Å². The highest BCUT2D eigenvalue weighted by Gasteiger charge is 2.09. The van der Waals surface area contributed by atoms with Crippen LogP contribution in [0.25, 0.3) is 10.9 Å². The van der Waals surface area contributed by atoms with Crippen LogP contribution in [0.2, 0.25) is 5.02 Å². The van der Waals surface area contributed by atoms with Gasteiger partial charge < -0.3 is 10.3 Å². The van der Waals surface area contributed by atoms with E-state index >= 15 is 0 Å². The Labute approximate surface area is 136 Å². The second kappa shape index (κ2) is 6.37. The summed E-state index contributed by atoms with van der Waals surface area (Å²) in [4.78, 5) is 23.0. The quantitative estimate of drug-likeness (QED) is 0.710. The number of hydrogen-bond acceptors (Lipinski definition) is 5. The van der Waals surface area contributed by atoms with E-state index in [1.807, 2.05) is 18.2 Å². The highest BCUT2D eigenvalue weighted by atomic mass is 35.5. The van der Waals surface area contributed by atoms with E-state index in [0.29, 0.717) is 15.9 Å². The van der Waals surface area contributed by atoms with Crippen molar-refractivity contribution in [3.05, 3.63) is 52.2 Å². The van der Waals surface area contributed by atoms with E-state index in [0.717, 1.165) is 22.2 Å². The van der Waals surface area contributed by atoms with Gasteiger partial charge in [0.05, 0.1) is 28.1 Å². The number of nitrogens with one attached hydrogen (secondary N) is 2. The molecule has 0 radical (unpaired) electrons. The first-order valence-electron chi connectivity index (χ1n) is 6.71. The Morgan fingerprint density at radius 3 is 3.00 bits per heavy atom. The highest BCUT2D eigenvalue weighted by molar-refractivity contribution is 7.99. The number of aromatic nitrogens is 3. The van der Waals surface area contributed by atoms with Crippen LogP contribution in [0.1, 0.15) is 6.92 Å². The molecular formula is C15H13ClN4OS. The Kier molecular flexibility index (Phi) is 4.31. The lowest BCUT2D eigenvalue weighted by Gasteiger charge is -2.12. The molecule has 0 spiro atoms. The van der Waals surface area contributed by atoms with Gasteiger partial charge in [0, 0.05) is 6.20 Å². The summed E-state index contributed by atoms with van der Waals surface area (Å²) in [7, 11) is 0. The molecule has 2 heterocycles. The SMILES string of the molecule is CCSc1ncc(Cl)cc1Nc1cccc2c(=O)[nH]cnc12. The molecule has 0 unspecified atom stereocenters. The third kappa shape index (κ3) is 2.93. The van der Waals surface area contributed by atoms with E-state index in [4.69, 9.17) is 11.6 Å². The second-order valence-corrected chi connectivity index (χ2v) is 6.19. The van der Waals surface area contributed by atoms with Crippen molar-refractivity contribution in [2.45, 2.75) is 11.9 Å². The summed E-state index contributed by atoms with van der Waals surface area (Å²) in [5.74, 6) is 0.900. The first-order valence-corrected chi connectivity index (χ1v) is 8.07. The van der Waals surface area contributed by atoms with Gasteiger partial charge in [-0.1, -0.05) is 24.6 Å². The maximum Gasteiger partial charge on any atom is 0.258 e. The molecule has 0 saturated heterocycles. The fourth-order valence-corrected chi connectivity index (χ4v) is 2.94. The summed E-state index contributed by atoms with van der Waals surface area (Å²) >= 11 is 7.66. The lowest BCUT2D eigenvalue weighted by atomic mass is 10.2. The first kappa shape index (κ1) is 14.9. The normalized spacial score (nSPS) is 10.8. The smallest absolute Gasteiger partial charge is 0.258 e. The van der Waals surface area contributed by atoms with Crippen molar-refractivity contribution in [2.75, 3.05) is 11.1 Å². The molecule has 0 aliphatic carbocycles. The zero-order valence-corrected chi connectivity index (χ0v) is 13.3. The molecule has 0 atom stereocenters. The average Bonchev–Trinajstić information content (AvgIpc) is 2.51. The van der Waals surface area contributed by atoms with Gasteiger partial charge >= 0.3 is 0 Å². The standard InChI is InChI=1S/C15H13ClN4OS/c1-2-22-15-12(6-9(16)7-17-15)20-11-5-3-4-10-13(11)18-8-19-14(10)21/h3-8,20H,2H2,1H3,(H,18,19,21). The van der Waals surface area contributed by atoms with Crippen LogP contribution in [-0.4, -0.2) is 20.7 Å². The van der Waals surface area contributed by atoms with Crippen molar-refractivity contribution in [3.8, 4) is 0 Å². The van der Waals surface area contributed by atoms with E-state index in [-0.39, 0.29) is 5.56 Å². The molecule has 22 heavy (non-hydrogen) atoms. The average molecular weight is 333 g/mol. The molecule has 0 aliphatic heterocycles. The number of aromatic amines is 1. The van der Waals surface area contributed by atoms with E-state index in [2.05, 4.69) is 27.2 Å². The first-order chi connectivity index (χ1) is 10.7. The number of benzene rings is 1. The number of hydrogen-bond donors (Lipinski definition) is 2. The summed E-state index contributed by atoms with van der Waals surface area (Å²) in [6, 6.07) is 7.24. The molecule has 3 rings (SSSR count). The van der Waals surface area contributed by atoms with Crippen LogP contribution in [-0.2, 0) is 0 Å². The van der Waals surface area contributed by atoms with Gasteiger partial charge in [0.25, 0.3) is 5.56 Å². The number of nitrogens with zero attached hydrogens (tertiary/aromatic N) is 2. The van der Waals surface area contributed by atoms with Crippen LogP contribution < -0.4 is 10.9 Å². The maximum absolute atomic E-state index is 11.8. The molecule has 112 valence electrons. The minimum absolute atomic E-state index is 0.166. The van der Waals surface area contributed by atoms with Crippen molar-refractivity contribution in [3.63, 3.8) is 0 Å². The largest absolute Gasteiger partial charge is 0.351 e. The minimum atomic E-state index is -0.166. The summed E-state index contributed by atoms with van der Waals surface area (Å²) in [6.07, 6.45) is 3.02. The van der Waals surface area contributed by atoms with Crippen molar-refractivity contribution in [2.24, 2.45) is 0 Å². The molecule has 5 nitrogen and oxygen atoms in total. The van der Waals surface area contributed by atoms with E-state index in [1.165, 1.54) is 6.33 Å². The number of anilines is 2. The fraction of sp³-hybridized carbons (Fsp3) is 0.133. The molecular weight excluding hydrogens is 320 g/mol. The number of H-pyrrole nitrogens is 1. The van der Waals surface area contributed by atoms with E-state index in [1.54, 1.807) is 24.0 Å². The van der Waals surface area contributed by atoms with Crippen LogP contribution in [0, 0.1) is 0 Å². The zero-order valence-electron chi connectivity index (χ0n) is 11.8. The molecule has 0 aliphatic rings. The van der Waals surface area contributed by atoms with Crippen molar-refractivity contribution >= 4 is 45.6 Å². The van der Waals surface area contributed by atoms with Gasteiger partial charge in [0.1, 0.15) is 10.5 Å². The second-order valence-electron chi connectivity index (χ2n) is 4.50. The van der Waals surface area contributed by atoms with Crippen LogP contribution in [0.4, 0.5) is 11.4 Å². The van der Waals surface area contributed by atoms with Gasteiger partial charge in [0.2, 0.25) is 0 Å². The van der Waals surface area contributed by atoms with E-state index < -0.39 is 0 Å². The lowest BCUT2D eigenvalue weighted by molar-refractivity contribution is 1.13. The van der Waals surface area contributed by atoms with E-state index in [9.17, 15) is 4.79 Å². The Bertz CT molecular complexity index is 881. The minimum Gasteiger partial charge on any atom is -0.351 e. The summed E-state index contributed by atoms with van der Waals surface area (Å²) < 4.78 is 0. The molecule has 0 fully saturated rings. The fourth-order valence-electron chi connectivity index (χ4n) is 2.11. The summed E-state index contributed by atoms with van der Waals surface area (Å²) in [6.45, 7) is 2.06. The Balaban J connectivity index is 2.09. The number of halogens is 1. The molecule has 7 heteroatoms. The highest BCUT2D eigenvalue weighted by Crippen LogP contribution is 2.31. The number of para-hydroxylation sites is 1. The number of thioether (sulfide) groups is 1. The zero-order chi connectivity index (χ0) is 15.5. The van der Waals surface area contributed by atoms with Crippen LogP contribution in [0.3, 0.4) is 0 Å². The monoisotopic (exact) mass is 332 g/mol. The third-order valence-corrected chi connectivity index (χ3v) is 4.13. The third-order valence-electron chi connectivity index (χ3n) is 3.04. The molecule has 0 amide bonds. The van der Waals surface area contributed by atoms with Crippen molar-refractivity contribution < 1.29 is 0 Å². The number of fused-ring (bicyclic) bond motifs is 1. The Morgan fingerprint density at radius 1 is 1.32 bits per heavy atom. The van der Waals surface area contributed by atoms with Gasteiger partial charge in [-0.3, -0.25) is 4.79 Å². The molecule has 1 aromatic carbocycles. The molecule has 2 N–H and O–H groups in total. The summed E-state index contributed by atoms with van der Waals surface area (Å²) in [5, 5.41) is 5.23. The van der Waals surface area contributed by atoms with Crippen LogP contribution >= 0.6 is 23.4 Å². The van der Waals surface area contributed by atoms with Gasteiger partial charge in [0.15, 0.2) is 0 Å². The Hall–Kier alpha value is -2.05. The molecule has 2 aromatic heterocycles. The van der Waals surface area contributed by atoms with Gasteiger partial charge in [-0.2, -0.15) is 0 Å². The van der Waals surface area contributed by atoms with Crippen molar-refractivity contribution in [1.29, 1.82) is 0 Å². The molecule has 3 aromatic rings. The predicted molar refractivity (Wildman–Crippen MR) is 91.3 cm³/mol. The lowest BCUT2D eigenvalue weighted by Crippen LogP contribution is -2.07.